The van der Waals surface area contributed by atoms with Gasteiger partial charge in [-0.3, -0.25) is 0 Å². The van der Waals surface area contributed by atoms with E-state index in [0.717, 1.165) is 5.41 Å². The number of unbranched alkanes of at least 4 members (excludes halogenated alkanes) is 2. The quantitative estimate of drug-likeness (QED) is 0.511. The van der Waals surface area contributed by atoms with Crippen LogP contribution in [0.3, 0.4) is 0 Å². The van der Waals surface area contributed by atoms with Crippen LogP contribution in [0.5, 0.6) is 0 Å². The highest BCUT2D eigenvalue weighted by Crippen LogP contribution is 2.52. The average molecular weight is 139 g/mol. The predicted octanol–water partition coefficient (Wildman–Crippen LogP) is 3.57. The van der Waals surface area contributed by atoms with Crippen LogP contribution >= 0.6 is 0 Å². The van der Waals surface area contributed by atoms with E-state index in [0.29, 0.717) is 0 Å². The van der Waals surface area contributed by atoms with Crippen molar-refractivity contribution in [2.75, 3.05) is 0 Å². The molecule has 0 heteroatoms. The third-order valence-electron chi connectivity index (χ3n) is 2.78. The molecule has 0 saturated heterocycles. The van der Waals surface area contributed by atoms with E-state index < -0.39 is 0 Å². The molecule has 0 amide bonds. The van der Waals surface area contributed by atoms with Crippen molar-refractivity contribution in [1.29, 1.82) is 0 Å². The lowest BCUT2D eigenvalue weighted by molar-refractivity contribution is 0.474. The summed E-state index contributed by atoms with van der Waals surface area (Å²) in [5.74, 6) is 0. The van der Waals surface area contributed by atoms with Gasteiger partial charge in [0.2, 0.25) is 0 Å². The summed E-state index contributed by atoms with van der Waals surface area (Å²) in [7, 11) is 0. The molecular formula is C10H19. The first kappa shape index (κ1) is 8.10. The fraction of sp³-hybridized carbons (Fsp3) is 0.900. The van der Waals surface area contributed by atoms with Crippen LogP contribution in [0.2, 0.25) is 0 Å². The van der Waals surface area contributed by atoms with Gasteiger partial charge < -0.3 is 0 Å². The van der Waals surface area contributed by atoms with Crippen molar-refractivity contribution >= 4 is 0 Å². The Morgan fingerprint density at radius 3 is 2.40 bits per heavy atom. The maximum atomic E-state index is 2.48. The zero-order chi connectivity index (χ0) is 7.45. The Bertz CT molecular complexity index is 90.2. The first-order valence-corrected chi connectivity index (χ1v) is 4.64. The molecule has 0 spiro atoms. The van der Waals surface area contributed by atoms with Crippen LogP contribution < -0.4 is 0 Å². The van der Waals surface area contributed by atoms with Crippen LogP contribution in [0.25, 0.3) is 0 Å². The van der Waals surface area contributed by atoms with E-state index in [2.05, 4.69) is 20.3 Å². The maximum absolute atomic E-state index is 2.48. The standard InChI is InChI=1S/C10H19/c1-3-5-6-7-10(4-2)8-9-10/h6H,3-5,7-9H2,1-2H3. The third kappa shape index (κ3) is 2.00. The molecule has 0 bridgehead atoms. The molecule has 10 heavy (non-hydrogen) atoms. The van der Waals surface area contributed by atoms with Gasteiger partial charge in [-0.05, 0) is 31.1 Å². The van der Waals surface area contributed by atoms with Gasteiger partial charge in [-0.25, -0.2) is 0 Å². The zero-order valence-corrected chi connectivity index (χ0v) is 7.32. The molecule has 1 fully saturated rings. The molecule has 0 aromatic heterocycles. The van der Waals surface area contributed by atoms with E-state index in [4.69, 9.17) is 0 Å². The molecule has 0 aromatic rings. The Labute approximate surface area is 65.0 Å². The molecule has 1 aliphatic rings. The van der Waals surface area contributed by atoms with Gasteiger partial charge in [0.25, 0.3) is 0 Å². The average Bonchev–Trinajstić information content (AvgIpc) is 2.70. The zero-order valence-electron chi connectivity index (χ0n) is 7.32. The molecule has 0 nitrogen and oxygen atoms in total. The Balaban J connectivity index is 2.01. The van der Waals surface area contributed by atoms with Gasteiger partial charge in [-0.2, -0.15) is 0 Å². The van der Waals surface area contributed by atoms with Crippen LogP contribution in [0, 0.1) is 11.8 Å². The van der Waals surface area contributed by atoms with E-state index in [1.165, 1.54) is 38.5 Å². The van der Waals surface area contributed by atoms with Crippen LogP contribution in [0.15, 0.2) is 0 Å². The summed E-state index contributed by atoms with van der Waals surface area (Å²) in [5, 5.41) is 0. The summed E-state index contributed by atoms with van der Waals surface area (Å²) in [5.41, 5.74) is 0.787. The van der Waals surface area contributed by atoms with Crippen LogP contribution in [0.4, 0.5) is 0 Å². The van der Waals surface area contributed by atoms with Crippen molar-refractivity contribution < 1.29 is 0 Å². The maximum Gasteiger partial charge on any atom is -0.0297 e. The van der Waals surface area contributed by atoms with Crippen molar-refractivity contribution in [3.05, 3.63) is 6.42 Å². The van der Waals surface area contributed by atoms with Gasteiger partial charge in [0.05, 0.1) is 0 Å². The molecule has 1 rings (SSSR count). The lowest BCUT2D eigenvalue weighted by atomic mass is 9.96. The lowest BCUT2D eigenvalue weighted by Gasteiger charge is -2.09. The first-order chi connectivity index (χ1) is 4.83. The van der Waals surface area contributed by atoms with Crippen molar-refractivity contribution in [3.8, 4) is 0 Å². The summed E-state index contributed by atoms with van der Waals surface area (Å²) in [6, 6.07) is 0. The molecule has 0 atom stereocenters. The molecule has 0 aromatic carbocycles. The molecule has 0 heterocycles. The molecule has 1 radical (unpaired) electrons. The van der Waals surface area contributed by atoms with Gasteiger partial charge in [-0.1, -0.05) is 33.1 Å². The van der Waals surface area contributed by atoms with Gasteiger partial charge in [0.15, 0.2) is 0 Å². The molecule has 1 aliphatic carbocycles. The summed E-state index contributed by atoms with van der Waals surface area (Å²) >= 11 is 0. The van der Waals surface area contributed by atoms with Crippen LogP contribution in [-0.4, -0.2) is 0 Å². The Morgan fingerprint density at radius 2 is 2.00 bits per heavy atom. The Hall–Kier alpha value is 0. The molecular weight excluding hydrogens is 120 g/mol. The minimum atomic E-state index is 0.787. The second-order valence-electron chi connectivity index (χ2n) is 3.64. The normalized spacial score (nSPS) is 21.0. The van der Waals surface area contributed by atoms with E-state index in [9.17, 15) is 0 Å². The minimum absolute atomic E-state index is 0.787. The second kappa shape index (κ2) is 3.41. The first-order valence-electron chi connectivity index (χ1n) is 4.64. The summed E-state index contributed by atoms with van der Waals surface area (Å²) in [6.45, 7) is 4.58. The number of hydrogen-bond acceptors (Lipinski definition) is 0. The highest BCUT2D eigenvalue weighted by atomic mass is 14.4. The highest BCUT2D eigenvalue weighted by molar-refractivity contribution is 4.95. The van der Waals surface area contributed by atoms with Gasteiger partial charge >= 0.3 is 0 Å². The van der Waals surface area contributed by atoms with Crippen molar-refractivity contribution in [1.82, 2.24) is 0 Å². The predicted molar refractivity (Wildman–Crippen MR) is 45.8 cm³/mol. The highest BCUT2D eigenvalue weighted by Gasteiger charge is 2.39. The minimum Gasteiger partial charge on any atom is -0.0654 e. The van der Waals surface area contributed by atoms with E-state index in [1.54, 1.807) is 0 Å². The second-order valence-corrected chi connectivity index (χ2v) is 3.64. The molecule has 1 saturated carbocycles. The van der Waals surface area contributed by atoms with Crippen molar-refractivity contribution in [2.45, 2.75) is 52.4 Å². The van der Waals surface area contributed by atoms with Gasteiger partial charge in [-0.15, -0.1) is 0 Å². The summed E-state index contributed by atoms with van der Waals surface area (Å²) < 4.78 is 0. The van der Waals surface area contributed by atoms with Crippen LogP contribution in [0.1, 0.15) is 52.4 Å². The topological polar surface area (TPSA) is 0 Å². The molecule has 0 unspecified atom stereocenters. The number of rotatable bonds is 5. The summed E-state index contributed by atoms with van der Waals surface area (Å²) in [6.07, 6.45) is 10.9. The van der Waals surface area contributed by atoms with Gasteiger partial charge in [0.1, 0.15) is 0 Å². The Morgan fingerprint density at radius 1 is 1.30 bits per heavy atom. The molecule has 59 valence electrons. The fourth-order valence-corrected chi connectivity index (χ4v) is 1.49. The molecule has 0 aliphatic heterocycles. The smallest absolute Gasteiger partial charge is 0.0297 e. The Kier molecular flexibility index (Phi) is 2.76. The van der Waals surface area contributed by atoms with Crippen molar-refractivity contribution in [3.63, 3.8) is 0 Å². The fourth-order valence-electron chi connectivity index (χ4n) is 1.49. The van der Waals surface area contributed by atoms with Crippen molar-refractivity contribution in [2.24, 2.45) is 5.41 Å². The molecule has 0 N–H and O–H groups in total. The lowest BCUT2D eigenvalue weighted by Crippen LogP contribution is -1.97. The third-order valence-corrected chi connectivity index (χ3v) is 2.78. The summed E-state index contributed by atoms with van der Waals surface area (Å²) in [4.78, 5) is 0. The largest absolute Gasteiger partial charge is 0.0654 e. The SMILES string of the molecule is CCC[CH]CC1(CC)CC1. The van der Waals surface area contributed by atoms with E-state index in [-0.39, 0.29) is 0 Å². The van der Waals surface area contributed by atoms with E-state index >= 15 is 0 Å². The van der Waals surface area contributed by atoms with E-state index in [1.807, 2.05) is 0 Å². The van der Waals surface area contributed by atoms with Gasteiger partial charge in [0, 0.05) is 0 Å². The number of hydrogen-bond donors (Lipinski definition) is 0. The monoisotopic (exact) mass is 139 g/mol. The van der Waals surface area contributed by atoms with Crippen LogP contribution in [-0.2, 0) is 0 Å².